The van der Waals surface area contributed by atoms with Crippen molar-refractivity contribution in [3.05, 3.63) is 66.6 Å². The fourth-order valence-electron chi connectivity index (χ4n) is 3.69. The topological polar surface area (TPSA) is 78.0 Å². The van der Waals surface area contributed by atoms with Gasteiger partial charge < -0.3 is 0 Å². The van der Waals surface area contributed by atoms with Crippen LogP contribution in [0.15, 0.2) is 29.3 Å². The highest BCUT2D eigenvalue weighted by Gasteiger charge is 2.20. The SMILES string of the molecule is Cc1c(Cn2cnc3sc4c(c3c2=O)CCCCC4)cccc1[N+](=O)[O-]. The molecule has 0 radical (unpaired) electrons. The van der Waals surface area contributed by atoms with Crippen LogP contribution < -0.4 is 5.56 Å². The molecular formula is C19H19N3O3S. The molecule has 6 nitrogen and oxygen atoms in total. The normalized spacial score (nSPS) is 14.2. The second-order valence-corrected chi connectivity index (χ2v) is 7.82. The van der Waals surface area contributed by atoms with E-state index in [0.29, 0.717) is 12.1 Å². The second-order valence-electron chi connectivity index (χ2n) is 6.74. The average Bonchev–Trinajstić information content (AvgIpc) is 2.81. The van der Waals surface area contributed by atoms with Crippen molar-refractivity contribution in [1.29, 1.82) is 0 Å². The molecule has 2 aromatic heterocycles. The van der Waals surface area contributed by atoms with E-state index in [-0.39, 0.29) is 16.2 Å². The Kier molecular flexibility index (Phi) is 4.32. The van der Waals surface area contributed by atoms with Crippen molar-refractivity contribution in [3.8, 4) is 0 Å². The predicted octanol–water partition coefficient (Wildman–Crippen LogP) is 3.99. The van der Waals surface area contributed by atoms with Gasteiger partial charge in [0.05, 0.1) is 23.2 Å². The molecule has 1 aliphatic rings. The van der Waals surface area contributed by atoms with Gasteiger partial charge in [-0.05, 0) is 43.7 Å². The van der Waals surface area contributed by atoms with Crippen LogP contribution in [0.2, 0.25) is 0 Å². The number of hydrogen-bond donors (Lipinski definition) is 0. The maximum Gasteiger partial charge on any atom is 0.272 e. The lowest BCUT2D eigenvalue weighted by atomic mass is 10.1. The Morgan fingerprint density at radius 3 is 2.88 bits per heavy atom. The highest BCUT2D eigenvalue weighted by molar-refractivity contribution is 7.18. The minimum atomic E-state index is -0.387. The van der Waals surface area contributed by atoms with Crippen LogP contribution in [0.3, 0.4) is 0 Å². The van der Waals surface area contributed by atoms with Crippen LogP contribution in [-0.4, -0.2) is 14.5 Å². The number of fused-ring (bicyclic) bond motifs is 3. The molecular weight excluding hydrogens is 350 g/mol. The van der Waals surface area contributed by atoms with Crippen molar-refractivity contribution in [2.75, 3.05) is 0 Å². The molecule has 0 saturated carbocycles. The van der Waals surface area contributed by atoms with Crippen LogP contribution in [-0.2, 0) is 19.4 Å². The summed E-state index contributed by atoms with van der Waals surface area (Å²) >= 11 is 1.64. The van der Waals surface area contributed by atoms with Crippen molar-refractivity contribution < 1.29 is 4.92 Å². The van der Waals surface area contributed by atoms with Gasteiger partial charge >= 0.3 is 0 Å². The number of benzene rings is 1. The van der Waals surface area contributed by atoms with Crippen LogP contribution in [0.1, 0.15) is 40.8 Å². The fourth-order valence-corrected chi connectivity index (χ4v) is 4.91. The first-order valence-corrected chi connectivity index (χ1v) is 9.60. The average molecular weight is 369 g/mol. The highest BCUT2D eigenvalue weighted by atomic mass is 32.1. The maximum atomic E-state index is 13.1. The number of nitro groups is 1. The maximum absolute atomic E-state index is 13.1. The summed E-state index contributed by atoms with van der Waals surface area (Å²) in [6.07, 6.45) is 7.01. The lowest BCUT2D eigenvalue weighted by Crippen LogP contribution is -2.22. The number of aryl methyl sites for hydroxylation is 2. The van der Waals surface area contributed by atoms with Crippen molar-refractivity contribution in [1.82, 2.24) is 9.55 Å². The molecule has 0 spiro atoms. The van der Waals surface area contributed by atoms with E-state index >= 15 is 0 Å². The summed E-state index contributed by atoms with van der Waals surface area (Å²) in [5.41, 5.74) is 2.57. The fraction of sp³-hybridized carbons (Fsp3) is 0.368. The van der Waals surface area contributed by atoms with Gasteiger partial charge in [0.1, 0.15) is 4.83 Å². The zero-order chi connectivity index (χ0) is 18.3. The van der Waals surface area contributed by atoms with Gasteiger partial charge in [0.25, 0.3) is 11.2 Å². The minimum absolute atomic E-state index is 0.0414. The lowest BCUT2D eigenvalue weighted by molar-refractivity contribution is -0.385. The summed E-state index contributed by atoms with van der Waals surface area (Å²) in [6, 6.07) is 4.98. The van der Waals surface area contributed by atoms with E-state index in [0.717, 1.165) is 35.0 Å². The third kappa shape index (κ3) is 2.82. The molecule has 4 rings (SSSR count). The van der Waals surface area contributed by atoms with Gasteiger partial charge in [-0.2, -0.15) is 0 Å². The molecule has 3 aromatic rings. The summed E-state index contributed by atoms with van der Waals surface area (Å²) in [5.74, 6) is 0. The number of rotatable bonds is 3. The Hall–Kier alpha value is -2.54. The van der Waals surface area contributed by atoms with Gasteiger partial charge in [0.2, 0.25) is 0 Å². The molecule has 26 heavy (non-hydrogen) atoms. The monoisotopic (exact) mass is 369 g/mol. The molecule has 1 aliphatic carbocycles. The molecule has 1 aromatic carbocycles. The number of nitrogens with zero attached hydrogens (tertiary/aromatic N) is 3. The summed E-state index contributed by atoms with van der Waals surface area (Å²) in [7, 11) is 0. The largest absolute Gasteiger partial charge is 0.294 e. The first kappa shape index (κ1) is 16.9. The molecule has 0 N–H and O–H groups in total. The third-order valence-electron chi connectivity index (χ3n) is 5.15. The van der Waals surface area contributed by atoms with E-state index in [4.69, 9.17) is 0 Å². The van der Waals surface area contributed by atoms with Crippen LogP contribution in [0.5, 0.6) is 0 Å². The number of hydrogen-bond acceptors (Lipinski definition) is 5. The zero-order valence-corrected chi connectivity index (χ0v) is 15.3. The first-order chi connectivity index (χ1) is 12.6. The van der Waals surface area contributed by atoms with Gasteiger partial charge in [-0.1, -0.05) is 18.6 Å². The molecule has 0 atom stereocenters. The molecule has 134 valence electrons. The van der Waals surface area contributed by atoms with E-state index in [1.165, 1.54) is 29.3 Å². The van der Waals surface area contributed by atoms with Crippen molar-refractivity contribution >= 4 is 27.2 Å². The predicted molar refractivity (Wildman–Crippen MR) is 102 cm³/mol. The smallest absolute Gasteiger partial charge is 0.272 e. The molecule has 0 unspecified atom stereocenters. The van der Waals surface area contributed by atoms with Crippen LogP contribution in [0.25, 0.3) is 10.2 Å². The number of nitro benzene ring substituents is 1. The number of thiophene rings is 1. The van der Waals surface area contributed by atoms with E-state index in [1.54, 1.807) is 35.2 Å². The van der Waals surface area contributed by atoms with Crippen molar-refractivity contribution in [2.24, 2.45) is 0 Å². The van der Waals surface area contributed by atoms with Crippen LogP contribution in [0, 0.1) is 17.0 Å². The van der Waals surface area contributed by atoms with Gasteiger partial charge in [-0.15, -0.1) is 11.3 Å². The molecule has 2 heterocycles. The van der Waals surface area contributed by atoms with Crippen molar-refractivity contribution in [2.45, 2.75) is 45.6 Å². The summed E-state index contributed by atoms with van der Waals surface area (Å²) in [6.45, 7) is 2.01. The molecule has 0 saturated heterocycles. The Morgan fingerprint density at radius 2 is 2.08 bits per heavy atom. The standard InChI is InChI=1S/C19H19N3O3S/c1-12-13(6-5-8-15(12)22(24)25)10-21-11-20-18-17(19(21)23)14-7-3-2-4-9-16(14)26-18/h5-6,8,11H,2-4,7,9-10H2,1H3. The Balaban J connectivity index is 1.80. The molecule has 0 amide bonds. The summed E-state index contributed by atoms with van der Waals surface area (Å²) in [5, 5.41) is 11.9. The molecule has 0 fully saturated rings. The Labute approximate surface area is 154 Å². The summed E-state index contributed by atoms with van der Waals surface area (Å²) in [4.78, 5) is 30.5. The van der Waals surface area contributed by atoms with Crippen LogP contribution in [0.4, 0.5) is 5.69 Å². The number of aromatic nitrogens is 2. The first-order valence-electron chi connectivity index (χ1n) is 8.79. The lowest BCUT2D eigenvalue weighted by Gasteiger charge is -2.09. The minimum Gasteiger partial charge on any atom is -0.294 e. The Morgan fingerprint density at radius 1 is 1.27 bits per heavy atom. The second kappa shape index (κ2) is 6.64. The van der Waals surface area contributed by atoms with E-state index < -0.39 is 0 Å². The van der Waals surface area contributed by atoms with E-state index in [2.05, 4.69) is 4.98 Å². The van der Waals surface area contributed by atoms with Gasteiger partial charge in [-0.25, -0.2) is 4.98 Å². The van der Waals surface area contributed by atoms with E-state index in [1.807, 2.05) is 6.07 Å². The quantitative estimate of drug-likeness (QED) is 0.397. The molecule has 7 heteroatoms. The van der Waals surface area contributed by atoms with E-state index in [9.17, 15) is 14.9 Å². The van der Waals surface area contributed by atoms with Crippen molar-refractivity contribution in [3.63, 3.8) is 0 Å². The van der Waals surface area contributed by atoms with Gasteiger partial charge in [0, 0.05) is 16.5 Å². The highest BCUT2D eigenvalue weighted by Crippen LogP contribution is 2.32. The third-order valence-corrected chi connectivity index (χ3v) is 6.35. The van der Waals surface area contributed by atoms with Crippen LogP contribution >= 0.6 is 11.3 Å². The van der Waals surface area contributed by atoms with Gasteiger partial charge in [0.15, 0.2) is 0 Å². The van der Waals surface area contributed by atoms with Gasteiger partial charge in [-0.3, -0.25) is 19.5 Å². The zero-order valence-electron chi connectivity index (χ0n) is 14.5. The molecule has 0 aliphatic heterocycles. The Bertz CT molecular complexity index is 1070. The molecule has 0 bridgehead atoms. The summed E-state index contributed by atoms with van der Waals surface area (Å²) < 4.78 is 1.58.